The van der Waals surface area contributed by atoms with Crippen LogP contribution < -0.4 is 10.6 Å². The van der Waals surface area contributed by atoms with Crippen LogP contribution in [-0.4, -0.2) is 36.1 Å². The molecule has 0 spiro atoms. The van der Waals surface area contributed by atoms with E-state index in [1.54, 1.807) is 6.92 Å². The lowest BCUT2D eigenvalue weighted by Crippen LogP contribution is -2.32. The largest absolute Gasteiger partial charge is 0.450 e. The maximum absolute atomic E-state index is 11.9. The van der Waals surface area contributed by atoms with E-state index in [4.69, 9.17) is 9.47 Å². The molecule has 0 fully saturated rings. The van der Waals surface area contributed by atoms with Crippen LogP contribution in [0.5, 0.6) is 0 Å². The van der Waals surface area contributed by atoms with Crippen LogP contribution in [0.1, 0.15) is 43.6 Å². The van der Waals surface area contributed by atoms with E-state index in [-0.39, 0.29) is 36.4 Å². The molecule has 2 aromatic rings. The van der Waals surface area contributed by atoms with Gasteiger partial charge in [-0.25, -0.2) is 9.59 Å². The van der Waals surface area contributed by atoms with Gasteiger partial charge in [0.2, 0.25) is 5.91 Å². The van der Waals surface area contributed by atoms with Gasteiger partial charge in [0.1, 0.15) is 12.2 Å². The minimum absolute atomic E-state index is 0.120. The number of carbonyl (C=O) groups is 3. The molecule has 0 bridgehead atoms. The second-order valence-corrected chi connectivity index (χ2v) is 7.78. The summed E-state index contributed by atoms with van der Waals surface area (Å²) in [6, 6.07) is 18.9. The van der Waals surface area contributed by atoms with E-state index in [0.29, 0.717) is 12.3 Å². The molecule has 0 aliphatic heterocycles. The Balaban J connectivity index is 1.53. The number of carbonyl (C=O) groups excluding carboxylic acids is 3. The molecule has 0 radical (unpaired) electrons. The topological polar surface area (TPSA) is 93.7 Å². The number of nitrogens with one attached hydrogen (secondary N) is 2. The van der Waals surface area contributed by atoms with E-state index >= 15 is 0 Å². The van der Waals surface area contributed by atoms with Crippen LogP contribution in [0, 0.1) is 0 Å². The molecular formula is C23H28N2O5S. The molecule has 0 saturated carbocycles. The highest BCUT2D eigenvalue weighted by molar-refractivity contribution is 8.13. The molecule has 0 heterocycles. The maximum Gasteiger partial charge on any atom is 0.407 e. The lowest BCUT2D eigenvalue weighted by Gasteiger charge is -2.14. The number of rotatable bonds is 10. The molecule has 2 amide bonds. The number of alkyl carbamates (subject to hydrolysis) is 1. The molecule has 2 unspecified atom stereocenters. The monoisotopic (exact) mass is 444 g/mol. The van der Waals surface area contributed by atoms with Crippen molar-refractivity contribution in [3.05, 3.63) is 71.8 Å². The van der Waals surface area contributed by atoms with Gasteiger partial charge in [0.05, 0.1) is 0 Å². The molecule has 0 aromatic heterocycles. The summed E-state index contributed by atoms with van der Waals surface area (Å²) in [5.74, 6) is 0.180. The third-order valence-corrected chi connectivity index (χ3v) is 5.10. The molecule has 166 valence electrons. The minimum atomic E-state index is -0.574. The van der Waals surface area contributed by atoms with Crippen LogP contribution in [0.15, 0.2) is 60.7 Å². The normalized spacial score (nSPS) is 12.3. The van der Waals surface area contributed by atoms with Crippen molar-refractivity contribution in [1.82, 2.24) is 10.6 Å². The summed E-state index contributed by atoms with van der Waals surface area (Å²) in [4.78, 5) is 35.5. The van der Waals surface area contributed by atoms with E-state index < -0.39 is 6.09 Å². The number of benzene rings is 2. The predicted octanol–water partition coefficient (Wildman–Crippen LogP) is 4.61. The van der Waals surface area contributed by atoms with E-state index in [1.807, 2.05) is 67.6 Å². The minimum Gasteiger partial charge on any atom is -0.450 e. The van der Waals surface area contributed by atoms with Gasteiger partial charge in [-0.1, -0.05) is 60.7 Å². The van der Waals surface area contributed by atoms with Gasteiger partial charge in [0, 0.05) is 25.3 Å². The lowest BCUT2D eigenvalue weighted by atomic mass is 10.1. The van der Waals surface area contributed by atoms with Crippen molar-refractivity contribution in [3.63, 3.8) is 0 Å². The van der Waals surface area contributed by atoms with Crippen molar-refractivity contribution in [2.45, 2.75) is 32.5 Å². The second-order valence-electron chi connectivity index (χ2n) is 6.75. The number of amides is 2. The Morgan fingerprint density at radius 2 is 1.35 bits per heavy atom. The molecule has 2 aromatic carbocycles. The smallest absolute Gasteiger partial charge is 0.407 e. The fraction of sp³-hybridized carbons (Fsp3) is 0.348. The van der Waals surface area contributed by atoms with E-state index in [1.165, 1.54) is 0 Å². The van der Waals surface area contributed by atoms with Crippen molar-refractivity contribution >= 4 is 29.1 Å². The summed E-state index contributed by atoms with van der Waals surface area (Å²) in [5, 5.41) is 4.88. The van der Waals surface area contributed by atoms with Crippen LogP contribution in [-0.2, 0) is 14.3 Å². The average molecular weight is 445 g/mol. The van der Waals surface area contributed by atoms with Crippen molar-refractivity contribution in [1.29, 1.82) is 0 Å². The highest BCUT2D eigenvalue weighted by atomic mass is 32.2. The number of thioether (sulfide) groups is 1. The molecule has 7 nitrogen and oxygen atoms in total. The Labute approximate surface area is 186 Å². The van der Waals surface area contributed by atoms with E-state index in [2.05, 4.69) is 10.6 Å². The predicted molar refractivity (Wildman–Crippen MR) is 121 cm³/mol. The first-order valence-electron chi connectivity index (χ1n) is 10.1. The zero-order chi connectivity index (χ0) is 22.5. The van der Waals surface area contributed by atoms with Gasteiger partial charge in [-0.05, 0) is 36.7 Å². The SMILES string of the molecule is CC(OC(=O)NCCC(=O)NCCSC(=O)OC(C)c1ccccc1)c1ccccc1. The molecule has 2 N–H and O–H groups in total. The van der Waals surface area contributed by atoms with Crippen LogP contribution in [0.25, 0.3) is 0 Å². The second kappa shape index (κ2) is 13.3. The third-order valence-electron chi connectivity index (χ3n) is 4.36. The van der Waals surface area contributed by atoms with Crippen molar-refractivity contribution in [3.8, 4) is 0 Å². The first kappa shape index (κ1) is 24.3. The van der Waals surface area contributed by atoms with Gasteiger partial charge in [-0.3, -0.25) is 4.79 Å². The maximum atomic E-state index is 11.9. The van der Waals surface area contributed by atoms with Crippen molar-refractivity contribution in [2.24, 2.45) is 0 Å². The summed E-state index contributed by atoms with van der Waals surface area (Å²) in [7, 11) is 0. The van der Waals surface area contributed by atoms with Gasteiger partial charge in [0.15, 0.2) is 0 Å². The fourth-order valence-corrected chi connectivity index (χ4v) is 3.24. The summed E-state index contributed by atoms with van der Waals surface area (Å²) < 4.78 is 10.6. The number of ether oxygens (including phenoxy) is 2. The first-order chi connectivity index (χ1) is 15.0. The fourth-order valence-electron chi connectivity index (χ4n) is 2.66. The first-order valence-corrected chi connectivity index (χ1v) is 11.1. The molecule has 2 atom stereocenters. The Morgan fingerprint density at radius 3 is 1.94 bits per heavy atom. The Hall–Kier alpha value is -3.00. The van der Waals surface area contributed by atoms with E-state index in [9.17, 15) is 14.4 Å². The molecule has 8 heteroatoms. The Bertz CT molecular complexity index is 832. The number of hydrogen-bond donors (Lipinski definition) is 2. The standard InChI is InChI=1S/C23H28N2O5S/c1-17(19-9-5-3-6-10-19)29-22(27)25-14-13-21(26)24-15-16-31-23(28)30-18(2)20-11-7-4-8-12-20/h3-12,17-18H,13-16H2,1-2H3,(H,24,26)(H,25,27). The van der Waals surface area contributed by atoms with Crippen molar-refractivity contribution in [2.75, 3.05) is 18.8 Å². The summed E-state index contributed by atoms with van der Waals surface area (Å²) in [6.45, 7) is 4.09. The molecule has 31 heavy (non-hydrogen) atoms. The summed E-state index contributed by atoms with van der Waals surface area (Å²) >= 11 is 1.01. The lowest BCUT2D eigenvalue weighted by molar-refractivity contribution is -0.120. The summed E-state index contributed by atoms with van der Waals surface area (Å²) in [6.07, 6.45) is -1.16. The molecular weight excluding hydrogens is 416 g/mol. The van der Waals surface area contributed by atoms with E-state index in [0.717, 1.165) is 22.9 Å². The Morgan fingerprint density at radius 1 is 0.806 bits per heavy atom. The number of hydrogen-bond acceptors (Lipinski definition) is 6. The zero-order valence-electron chi connectivity index (χ0n) is 17.7. The van der Waals surface area contributed by atoms with Crippen LogP contribution in [0.3, 0.4) is 0 Å². The zero-order valence-corrected chi connectivity index (χ0v) is 18.5. The molecule has 0 saturated heterocycles. The average Bonchev–Trinajstić information content (AvgIpc) is 2.78. The van der Waals surface area contributed by atoms with Crippen LogP contribution in [0.4, 0.5) is 9.59 Å². The van der Waals surface area contributed by atoms with Gasteiger partial charge < -0.3 is 20.1 Å². The van der Waals surface area contributed by atoms with Gasteiger partial charge in [-0.2, -0.15) is 0 Å². The summed E-state index contributed by atoms with van der Waals surface area (Å²) in [5.41, 5.74) is 1.82. The quantitative estimate of drug-likeness (QED) is 0.411. The Kier molecular flexibility index (Phi) is 10.4. The van der Waals surface area contributed by atoms with Gasteiger partial charge >= 0.3 is 11.4 Å². The highest BCUT2D eigenvalue weighted by Crippen LogP contribution is 2.19. The third kappa shape index (κ3) is 9.57. The van der Waals surface area contributed by atoms with Crippen LogP contribution >= 0.6 is 11.8 Å². The molecule has 0 aliphatic rings. The van der Waals surface area contributed by atoms with Gasteiger partial charge in [-0.15, -0.1) is 0 Å². The van der Waals surface area contributed by atoms with Crippen LogP contribution in [0.2, 0.25) is 0 Å². The van der Waals surface area contributed by atoms with Gasteiger partial charge in [0.25, 0.3) is 0 Å². The highest BCUT2D eigenvalue weighted by Gasteiger charge is 2.13. The molecule has 2 rings (SSSR count). The van der Waals surface area contributed by atoms with Crippen molar-refractivity contribution < 1.29 is 23.9 Å². The molecule has 0 aliphatic carbocycles.